The van der Waals surface area contributed by atoms with Crippen molar-refractivity contribution in [3.05, 3.63) is 70.9 Å². The molecule has 3 N–H and O–H groups in total. The van der Waals surface area contributed by atoms with Crippen LogP contribution in [0.4, 0.5) is 11.5 Å². The molecule has 1 aliphatic rings. The van der Waals surface area contributed by atoms with E-state index in [1.54, 1.807) is 19.5 Å². The second kappa shape index (κ2) is 8.16. The van der Waals surface area contributed by atoms with Gasteiger partial charge in [0.15, 0.2) is 0 Å². The number of fused-ring (bicyclic) bond motifs is 1. The molecule has 0 aliphatic carbocycles. The lowest BCUT2D eigenvalue weighted by Gasteiger charge is -2.13. The molecule has 0 amide bonds. The molecule has 1 aliphatic heterocycles. The lowest BCUT2D eigenvalue weighted by atomic mass is 9.98. The number of aromatic nitrogens is 4. The zero-order valence-electron chi connectivity index (χ0n) is 17.1. The predicted octanol–water partition coefficient (Wildman–Crippen LogP) is 3.21. The predicted molar refractivity (Wildman–Crippen MR) is 120 cm³/mol. The van der Waals surface area contributed by atoms with Crippen molar-refractivity contribution >= 4 is 22.3 Å². The van der Waals surface area contributed by atoms with Crippen LogP contribution in [0.25, 0.3) is 22.2 Å². The Kier molecular flexibility index (Phi) is 5.05. The second-order valence-corrected chi connectivity index (χ2v) is 7.51. The first-order chi connectivity index (χ1) is 15.2. The standard InChI is InChI=1S/C23H22N6O2/c1-31-20-13-25-12-19(28-20)18-10-15-7-9-26-23(30)21(15)22(29-18)27-17-4-2-14(3-5-17)16-6-8-24-11-16/h2-5,7,9-10,12-13,16,24H,6,8,11H2,1H3,(H,26,30)(H,27,29). The van der Waals surface area contributed by atoms with Crippen LogP contribution in [-0.4, -0.2) is 40.1 Å². The second-order valence-electron chi connectivity index (χ2n) is 7.51. The van der Waals surface area contributed by atoms with E-state index < -0.39 is 0 Å². The number of rotatable bonds is 5. The van der Waals surface area contributed by atoms with Crippen molar-refractivity contribution in [2.75, 3.05) is 25.5 Å². The van der Waals surface area contributed by atoms with Gasteiger partial charge in [0, 0.05) is 18.4 Å². The molecule has 4 aromatic rings. The summed E-state index contributed by atoms with van der Waals surface area (Å²) in [4.78, 5) is 28.6. The molecule has 1 saturated heterocycles. The molecule has 31 heavy (non-hydrogen) atoms. The van der Waals surface area contributed by atoms with E-state index in [2.05, 4.69) is 37.7 Å². The minimum Gasteiger partial charge on any atom is -0.480 e. The first-order valence-corrected chi connectivity index (χ1v) is 10.2. The maximum absolute atomic E-state index is 12.6. The van der Waals surface area contributed by atoms with E-state index >= 15 is 0 Å². The highest BCUT2D eigenvalue weighted by Gasteiger charge is 2.17. The van der Waals surface area contributed by atoms with Crippen molar-refractivity contribution in [3.8, 4) is 17.3 Å². The molecule has 5 rings (SSSR count). The molecule has 8 nitrogen and oxygen atoms in total. The monoisotopic (exact) mass is 414 g/mol. The highest BCUT2D eigenvalue weighted by atomic mass is 16.5. The van der Waals surface area contributed by atoms with Crippen LogP contribution >= 0.6 is 0 Å². The number of pyridine rings is 2. The smallest absolute Gasteiger partial charge is 0.259 e. The third-order valence-corrected chi connectivity index (χ3v) is 5.54. The van der Waals surface area contributed by atoms with E-state index in [-0.39, 0.29) is 5.56 Å². The van der Waals surface area contributed by atoms with Gasteiger partial charge in [0.2, 0.25) is 5.88 Å². The van der Waals surface area contributed by atoms with Crippen LogP contribution in [0.1, 0.15) is 17.9 Å². The summed E-state index contributed by atoms with van der Waals surface area (Å²) >= 11 is 0. The van der Waals surface area contributed by atoms with E-state index in [4.69, 9.17) is 9.72 Å². The van der Waals surface area contributed by atoms with Crippen molar-refractivity contribution in [3.63, 3.8) is 0 Å². The van der Waals surface area contributed by atoms with Crippen molar-refractivity contribution in [2.45, 2.75) is 12.3 Å². The van der Waals surface area contributed by atoms with Crippen molar-refractivity contribution in [1.29, 1.82) is 0 Å². The number of nitrogens with one attached hydrogen (secondary N) is 3. The molecule has 1 fully saturated rings. The van der Waals surface area contributed by atoms with E-state index in [0.717, 1.165) is 30.6 Å². The van der Waals surface area contributed by atoms with Crippen LogP contribution in [0.15, 0.2) is 59.8 Å². The van der Waals surface area contributed by atoms with Gasteiger partial charge in [-0.3, -0.25) is 9.78 Å². The topological polar surface area (TPSA) is 105 Å². The molecular weight excluding hydrogens is 392 g/mol. The minimum atomic E-state index is -0.204. The van der Waals surface area contributed by atoms with Crippen LogP contribution < -0.4 is 20.9 Å². The number of hydrogen-bond donors (Lipinski definition) is 3. The summed E-state index contributed by atoms with van der Waals surface area (Å²) in [5.74, 6) is 1.41. The molecule has 0 radical (unpaired) electrons. The van der Waals surface area contributed by atoms with Crippen molar-refractivity contribution in [2.24, 2.45) is 0 Å². The number of benzene rings is 1. The maximum atomic E-state index is 12.6. The zero-order valence-corrected chi connectivity index (χ0v) is 17.1. The Labute approximate surface area is 178 Å². The van der Waals surface area contributed by atoms with Crippen LogP contribution in [0.3, 0.4) is 0 Å². The van der Waals surface area contributed by atoms with Gasteiger partial charge in [-0.1, -0.05) is 12.1 Å². The molecule has 3 aromatic heterocycles. The average molecular weight is 414 g/mol. The summed E-state index contributed by atoms with van der Waals surface area (Å²) in [5, 5.41) is 7.97. The molecular formula is C23H22N6O2. The first-order valence-electron chi connectivity index (χ1n) is 10.2. The highest BCUT2D eigenvalue weighted by molar-refractivity contribution is 5.94. The molecule has 156 valence electrons. The molecule has 0 saturated carbocycles. The summed E-state index contributed by atoms with van der Waals surface area (Å²) in [7, 11) is 1.54. The normalized spacial score (nSPS) is 15.8. The number of methoxy groups -OCH3 is 1. The van der Waals surface area contributed by atoms with Gasteiger partial charge in [0.1, 0.15) is 11.5 Å². The van der Waals surface area contributed by atoms with Gasteiger partial charge in [-0.05, 0) is 54.1 Å². The van der Waals surface area contributed by atoms with Gasteiger partial charge in [0.05, 0.1) is 30.6 Å². The highest BCUT2D eigenvalue weighted by Crippen LogP contribution is 2.29. The Balaban J connectivity index is 1.55. The summed E-state index contributed by atoms with van der Waals surface area (Å²) in [5.41, 5.74) is 3.13. The number of aromatic amines is 1. The average Bonchev–Trinajstić information content (AvgIpc) is 3.34. The molecule has 0 spiro atoms. The van der Waals surface area contributed by atoms with Crippen LogP contribution in [0.5, 0.6) is 5.88 Å². The van der Waals surface area contributed by atoms with Gasteiger partial charge < -0.3 is 20.4 Å². The fourth-order valence-electron chi connectivity index (χ4n) is 3.92. The Morgan fingerprint density at radius 2 is 1.97 bits per heavy atom. The van der Waals surface area contributed by atoms with Crippen LogP contribution in [0, 0.1) is 0 Å². The molecule has 8 heteroatoms. The Bertz CT molecular complexity index is 1280. The zero-order chi connectivity index (χ0) is 21.2. The maximum Gasteiger partial charge on any atom is 0.259 e. The van der Waals surface area contributed by atoms with Gasteiger partial charge in [-0.25, -0.2) is 9.97 Å². The summed E-state index contributed by atoms with van der Waals surface area (Å²) < 4.78 is 5.19. The lowest BCUT2D eigenvalue weighted by molar-refractivity contribution is 0.396. The van der Waals surface area contributed by atoms with Gasteiger partial charge >= 0.3 is 0 Å². The quantitative estimate of drug-likeness (QED) is 0.461. The number of H-pyrrole nitrogens is 1. The van der Waals surface area contributed by atoms with Crippen LogP contribution in [-0.2, 0) is 0 Å². The van der Waals surface area contributed by atoms with E-state index in [1.807, 2.05) is 24.3 Å². The van der Waals surface area contributed by atoms with E-state index in [1.165, 1.54) is 11.8 Å². The van der Waals surface area contributed by atoms with Crippen molar-refractivity contribution in [1.82, 2.24) is 25.3 Å². The SMILES string of the molecule is COc1cncc(-c2cc3cc[nH]c(=O)c3c(Nc3ccc(C4CCNC4)cc3)n2)n1. The van der Waals surface area contributed by atoms with Gasteiger partial charge in [-0.2, -0.15) is 0 Å². The number of anilines is 2. The number of nitrogens with zero attached hydrogens (tertiary/aromatic N) is 3. The number of hydrogen-bond acceptors (Lipinski definition) is 7. The Morgan fingerprint density at radius 1 is 1.10 bits per heavy atom. The first kappa shape index (κ1) is 19.2. The summed E-state index contributed by atoms with van der Waals surface area (Å²) in [6.07, 6.45) is 5.94. The fraction of sp³-hybridized carbons (Fsp3) is 0.217. The Morgan fingerprint density at radius 3 is 2.74 bits per heavy atom. The molecule has 1 unspecified atom stereocenters. The third kappa shape index (κ3) is 3.85. The molecule has 0 bridgehead atoms. The minimum absolute atomic E-state index is 0.204. The molecule has 4 heterocycles. The molecule has 1 aromatic carbocycles. The van der Waals surface area contributed by atoms with Crippen molar-refractivity contribution < 1.29 is 4.74 Å². The Hall–Kier alpha value is -3.78. The van der Waals surface area contributed by atoms with Crippen LogP contribution in [0.2, 0.25) is 0 Å². The van der Waals surface area contributed by atoms with E-state index in [0.29, 0.717) is 34.4 Å². The van der Waals surface area contributed by atoms with Gasteiger partial charge in [0.25, 0.3) is 5.56 Å². The van der Waals surface area contributed by atoms with E-state index in [9.17, 15) is 4.79 Å². The van der Waals surface area contributed by atoms with Gasteiger partial charge in [-0.15, -0.1) is 0 Å². The lowest BCUT2D eigenvalue weighted by Crippen LogP contribution is -2.09. The fourth-order valence-corrected chi connectivity index (χ4v) is 3.92. The summed E-state index contributed by atoms with van der Waals surface area (Å²) in [6, 6.07) is 12.0. The number of ether oxygens (including phenoxy) is 1. The molecule has 1 atom stereocenters. The summed E-state index contributed by atoms with van der Waals surface area (Å²) in [6.45, 7) is 2.07. The largest absolute Gasteiger partial charge is 0.480 e. The third-order valence-electron chi connectivity index (χ3n) is 5.54.